The third kappa shape index (κ3) is 4.95. The molecular weight excluding hydrogens is 248 g/mol. The molecule has 0 saturated carbocycles. The van der Waals surface area contributed by atoms with Crippen LogP contribution in [0, 0.1) is 5.92 Å². The van der Waals surface area contributed by atoms with Crippen molar-refractivity contribution in [2.45, 2.75) is 85.0 Å². The molecule has 110 valence electrons. The van der Waals surface area contributed by atoms with E-state index in [9.17, 15) is 0 Å². The van der Waals surface area contributed by atoms with Crippen molar-refractivity contribution in [3.63, 3.8) is 0 Å². The summed E-state index contributed by atoms with van der Waals surface area (Å²) in [5.74, 6) is 1.58. The lowest BCUT2D eigenvalue weighted by Crippen LogP contribution is -2.09. The summed E-state index contributed by atoms with van der Waals surface area (Å²) >= 11 is 2.04. The minimum Gasteiger partial charge on any atom is -0.145 e. The Morgan fingerprint density at radius 3 is 2.26 bits per heavy atom. The first-order valence-electron chi connectivity index (χ1n) is 8.00. The highest BCUT2D eigenvalue weighted by molar-refractivity contribution is 7.12. The molecule has 0 fully saturated rings. The van der Waals surface area contributed by atoms with Gasteiger partial charge in [-0.15, -0.1) is 11.3 Å². The summed E-state index contributed by atoms with van der Waals surface area (Å²) in [6.07, 6.45) is 6.77. The average Bonchev–Trinajstić information content (AvgIpc) is 2.79. The summed E-state index contributed by atoms with van der Waals surface area (Å²) in [6, 6.07) is 4.73. The minimum atomic E-state index is 0.298. The van der Waals surface area contributed by atoms with E-state index in [1.807, 2.05) is 11.3 Å². The second-order valence-corrected chi connectivity index (χ2v) is 8.06. The van der Waals surface area contributed by atoms with Crippen LogP contribution in [0.25, 0.3) is 0 Å². The summed E-state index contributed by atoms with van der Waals surface area (Å²) in [5.41, 5.74) is 0.298. The van der Waals surface area contributed by atoms with E-state index in [2.05, 4.69) is 53.7 Å². The van der Waals surface area contributed by atoms with Crippen molar-refractivity contribution in [3.05, 3.63) is 21.9 Å². The van der Waals surface area contributed by atoms with Gasteiger partial charge in [0.2, 0.25) is 0 Å². The maximum Gasteiger partial charge on any atom is 0.0102 e. The predicted octanol–water partition coefficient (Wildman–Crippen LogP) is 6.76. The third-order valence-corrected chi connectivity index (χ3v) is 5.76. The molecule has 0 aliphatic heterocycles. The smallest absolute Gasteiger partial charge is 0.0102 e. The van der Waals surface area contributed by atoms with Crippen LogP contribution >= 0.6 is 11.3 Å². The molecule has 1 heterocycles. The van der Waals surface area contributed by atoms with Gasteiger partial charge in [-0.05, 0) is 35.8 Å². The summed E-state index contributed by atoms with van der Waals surface area (Å²) in [7, 11) is 0. The van der Waals surface area contributed by atoms with E-state index < -0.39 is 0 Å². The van der Waals surface area contributed by atoms with Crippen molar-refractivity contribution in [1.82, 2.24) is 0 Å². The van der Waals surface area contributed by atoms with Crippen LogP contribution in [-0.2, 0) is 5.41 Å². The first-order valence-corrected chi connectivity index (χ1v) is 8.82. The predicted molar refractivity (Wildman–Crippen MR) is 89.4 cm³/mol. The van der Waals surface area contributed by atoms with Gasteiger partial charge < -0.3 is 0 Å². The van der Waals surface area contributed by atoms with Crippen LogP contribution in [0.1, 0.15) is 89.3 Å². The fourth-order valence-electron chi connectivity index (χ4n) is 2.76. The number of hydrogen-bond acceptors (Lipinski definition) is 1. The van der Waals surface area contributed by atoms with Crippen molar-refractivity contribution >= 4 is 11.3 Å². The van der Waals surface area contributed by atoms with Gasteiger partial charge in [0.25, 0.3) is 0 Å². The molecule has 0 radical (unpaired) electrons. The van der Waals surface area contributed by atoms with Gasteiger partial charge in [0, 0.05) is 9.75 Å². The summed E-state index contributed by atoms with van der Waals surface area (Å²) in [5, 5.41) is 0. The molecule has 0 spiro atoms. The largest absolute Gasteiger partial charge is 0.145 e. The van der Waals surface area contributed by atoms with E-state index in [4.69, 9.17) is 0 Å². The SMILES string of the molecule is CCCCCC(C)C(CC)c1ccc(C(C)(C)C)s1. The van der Waals surface area contributed by atoms with Crippen LogP contribution in [0.15, 0.2) is 12.1 Å². The maximum atomic E-state index is 2.44. The Labute approximate surface area is 124 Å². The van der Waals surface area contributed by atoms with E-state index in [1.165, 1.54) is 37.0 Å². The van der Waals surface area contributed by atoms with Gasteiger partial charge in [0.15, 0.2) is 0 Å². The maximum absolute atomic E-state index is 2.44. The number of unbranched alkanes of at least 4 members (excludes halogenated alkanes) is 2. The fourth-order valence-corrected chi connectivity index (χ4v) is 4.14. The standard InChI is InChI=1S/C18H32S/c1-7-9-10-11-14(3)15(8-2)16-12-13-17(19-16)18(4,5)6/h12-15H,7-11H2,1-6H3. The van der Waals surface area contributed by atoms with Crippen LogP contribution in [-0.4, -0.2) is 0 Å². The molecule has 0 aliphatic carbocycles. The molecule has 0 saturated heterocycles. The lowest BCUT2D eigenvalue weighted by molar-refractivity contribution is 0.406. The van der Waals surface area contributed by atoms with E-state index in [0.29, 0.717) is 5.41 Å². The molecule has 1 rings (SSSR count). The van der Waals surface area contributed by atoms with Crippen LogP contribution in [0.2, 0.25) is 0 Å². The Hall–Kier alpha value is -0.300. The number of thiophene rings is 1. The second kappa shape index (κ2) is 7.47. The van der Waals surface area contributed by atoms with Crippen molar-refractivity contribution < 1.29 is 0 Å². The molecule has 1 heteroatoms. The fraction of sp³-hybridized carbons (Fsp3) is 0.778. The Morgan fingerprint density at radius 1 is 1.11 bits per heavy atom. The zero-order valence-electron chi connectivity index (χ0n) is 13.8. The van der Waals surface area contributed by atoms with Gasteiger partial charge >= 0.3 is 0 Å². The molecule has 2 unspecified atom stereocenters. The van der Waals surface area contributed by atoms with Gasteiger partial charge in [-0.2, -0.15) is 0 Å². The molecule has 0 amide bonds. The molecule has 19 heavy (non-hydrogen) atoms. The topological polar surface area (TPSA) is 0 Å². The number of rotatable bonds is 7. The first kappa shape index (κ1) is 16.8. The molecule has 0 N–H and O–H groups in total. The van der Waals surface area contributed by atoms with E-state index in [-0.39, 0.29) is 0 Å². The molecule has 0 bridgehead atoms. The second-order valence-electron chi connectivity index (χ2n) is 6.94. The first-order chi connectivity index (χ1) is 8.90. The molecule has 0 aromatic carbocycles. The van der Waals surface area contributed by atoms with Crippen LogP contribution in [0.4, 0.5) is 0 Å². The highest BCUT2D eigenvalue weighted by Crippen LogP contribution is 2.38. The van der Waals surface area contributed by atoms with Crippen LogP contribution < -0.4 is 0 Å². The lowest BCUT2D eigenvalue weighted by Gasteiger charge is -2.22. The summed E-state index contributed by atoms with van der Waals surface area (Å²) in [6.45, 7) is 14.0. The number of hydrogen-bond donors (Lipinski definition) is 0. The van der Waals surface area contributed by atoms with E-state index in [0.717, 1.165) is 11.8 Å². The highest BCUT2D eigenvalue weighted by Gasteiger charge is 2.22. The summed E-state index contributed by atoms with van der Waals surface area (Å²) in [4.78, 5) is 3.14. The molecule has 1 aromatic rings. The Bertz CT molecular complexity index is 356. The van der Waals surface area contributed by atoms with Crippen LogP contribution in [0.3, 0.4) is 0 Å². The zero-order valence-corrected chi connectivity index (χ0v) is 14.6. The van der Waals surface area contributed by atoms with E-state index >= 15 is 0 Å². The molecular formula is C18H32S. The Balaban J connectivity index is 2.71. The van der Waals surface area contributed by atoms with E-state index in [1.54, 1.807) is 4.88 Å². The van der Waals surface area contributed by atoms with Crippen molar-refractivity contribution in [2.75, 3.05) is 0 Å². The van der Waals surface area contributed by atoms with Gasteiger partial charge in [-0.25, -0.2) is 0 Å². The normalized spacial score (nSPS) is 15.5. The lowest BCUT2D eigenvalue weighted by atomic mass is 9.86. The third-order valence-electron chi connectivity index (χ3n) is 4.12. The van der Waals surface area contributed by atoms with Gasteiger partial charge in [0.05, 0.1) is 0 Å². The molecule has 0 aliphatic rings. The minimum absolute atomic E-state index is 0.298. The average molecular weight is 281 g/mol. The molecule has 2 atom stereocenters. The van der Waals surface area contributed by atoms with Gasteiger partial charge in [0.1, 0.15) is 0 Å². The van der Waals surface area contributed by atoms with Gasteiger partial charge in [-0.3, -0.25) is 0 Å². The molecule has 0 nitrogen and oxygen atoms in total. The van der Waals surface area contributed by atoms with Gasteiger partial charge in [-0.1, -0.05) is 67.2 Å². The Kier molecular flexibility index (Phi) is 6.59. The van der Waals surface area contributed by atoms with Crippen molar-refractivity contribution in [1.29, 1.82) is 0 Å². The molecule has 1 aromatic heterocycles. The highest BCUT2D eigenvalue weighted by atomic mass is 32.1. The monoisotopic (exact) mass is 280 g/mol. The van der Waals surface area contributed by atoms with Crippen molar-refractivity contribution in [3.8, 4) is 0 Å². The summed E-state index contributed by atoms with van der Waals surface area (Å²) < 4.78 is 0. The van der Waals surface area contributed by atoms with Crippen LogP contribution in [0.5, 0.6) is 0 Å². The zero-order chi connectivity index (χ0) is 14.5. The Morgan fingerprint density at radius 2 is 1.79 bits per heavy atom. The van der Waals surface area contributed by atoms with Crippen molar-refractivity contribution in [2.24, 2.45) is 5.92 Å². The quantitative estimate of drug-likeness (QED) is 0.484.